The van der Waals surface area contributed by atoms with Gasteiger partial charge in [0.15, 0.2) is 0 Å². The molecule has 3 aromatic rings. The molecule has 3 rings (SSSR count). The predicted molar refractivity (Wildman–Crippen MR) is 93.3 cm³/mol. The molecule has 0 radical (unpaired) electrons. The molecule has 0 bridgehead atoms. The van der Waals surface area contributed by atoms with Crippen LogP contribution in [0.15, 0.2) is 39.9 Å². The average Bonchev–Trinajstić information content (AvgIpc) is 3.04. The first-order valence-electron chi connectivity index (χ1n) is 7.07. The molecule has 2 aromatic heterocycles. The number of aryl methyl sites for hydroxylation is 1. The summed E-state index contributed by atoms with van der Waals surface area (Å²) in [6.07, 6.45) is 0. The molecule has 0 aliphatic rings. The maximum absolute atomic E-state index is 12.4. The second-order valence-corrected chi connectivity index (χ2v) is 6.25. The first-order chi connectivity index (χ1) is 11.4. The van der Waals surface area contributed by atoms with Crippen molar-refractivity contribution in [3.05, 3.63) is 56.0 Å². The molecule has 0 atom stereocenters. The van der Waals surface area contributed by atoms with Crippen molar-refractivity contribution in [1.82, 2.24) is 9.13 Å². The van der Waals surface area contributed by atoms with Crippen LogP contribution in [0.3, 0.4) is 0 Å². The summed E-state index contributed by atoms with van der Waals surface area (Å²) in [6.45, 7) is 0. The second-order valence-electron chi connectivity index (χ2n) is 5.22. The number of carbonyl (C=O) groups is 1. The van der Waals surface area contributed by atoms with Gasteiger partial charge in [-0.2, -0.15) is 0 Å². The van der Waals surface area contributed by atoms with Gasteiger partial charge in [-0.05, 0) is 30.3 Å². The van der Waals surface area contributed by atoms with Crippen LogP contribution in [0.25, 0.3) is 10.2 Å². The summed E-state index contributed by atoms with van der Waals surface area (Å²) in [6, 6.07) is 8.43. The molecule has 1 N–H and O–H groups in total. The molecule has 1 aromatic carbocycles. The predicted octanol–water partition coefficient (Wildman–Crippen LogP) is 1.56. The minimum Gasteiger partial charge on any atom is -0.497 e. The summed E-state index contributed by atoms with van der Waals surface area (Å²) in [7, 11) is 4.56. The lowest BCUT2D eigenvalue weighted by molar-refractivity contribution is 0.103. The van der Waals surface area contributed by atoms with E-state index in [1.165, 1.54) is 17.7 Å². The fourth-order valence-corrected chi connectivity index (χ4v) is 3.34. The van der Waals surface area contributed by atoms with Crippen molar-refractivity contribution in [2.24, 2.45) is 14.1 Å². The van der Waals surface area contributed by atoms with E-state index in [1.54, 1.807) is 38.4 Å². The van der Waals surface area contributed by atoms with E-state index >= 15 is 0 Å². The summed E-state index contributed by atoms with van der Waals surface area (Å²) >= 11 is 1.11. The van der Waals surface area contributed by atoms with Crippen molar-refractivity contribution in [3.63, 3.8) is 0 Å². The van der Waals surface area contributed by atoms with Crippen molar-refractivity contribution in [3.8, 4) is 5.75 Å². The lowest BCUT2D eigenvalue weighted by atomic mass is 10.3. The SMILES string of the molecule is COc1ccc(NC(=O)c2cc3c(=O)n(C)c(=O)n(C)c3s2)cc1. The number of carbonyl (C=O) groups excluding carboxylic acids is 1. The third kappa shape index (κ3) is 2.61. The molecule has 24 heavy (non-hydrogen) atoms. The zero-order valence-corrected chi connectivity index (χ0v) is 14.1. The van der Waals surface area contributed by atoms with Crippen molar-refractivity contribution in [2.75, 3.05) is 12.4 Å². The summed E-state index contributed by atoms with van der Waals surface area (Å²) in [5, 5.41) is 3.11. The number of nitrogens with one attached hydrogen (secondary N) is 1. The summed E-state index contributed by atoms with van der Waals surface area (Å²) in [4.78, 5) is 37.4. The maximum Gasteiger partial charge on any atom is 0.331 e. The number of amides is 1. The summed E-state index contributed by atoms with van der Waals surface area (Å²) < 4.78 is 7.46. The monoisotopic (exact) mass is 345 g/mol. The van der Waals surface area contributed by atoms with Gasteiger partial charge in [0.05, 0.1) is 17.4 Å². The molecule has 1 amide bonds. The van der Waals surface area contributed by atoms with Crippen LogP contribution in [0.5, 0.6) is 5.75 Å². The van der Waals surface area contributed by atoms with Crippen LogP contribution in [0, 0.1) is 0 Å². The van der Waals surface area contributed by atoms with Gasteiger partial charge >= 0.3 is 5.69 Å². The Bertz CT molecular complexity index is 1040. The number of methoxy groups -OCH3 is 1. The molecular weight excluding hydrogens is 330 g/mol. The topological polar surface area (TPSA) is 82.3 Å². The zero-order valence-electron chi connectivity index (χ0n) is 13.3. The number of rotatable bonds is 3. The van der Waals surface area contributed by atoms with Gasteiger partial charge in [-0.15, -0.1) is 11.3 Å². The fourth-order valence-electron chi connectivity index (χ4n) is 2.34. The minimum absolute atomic E-state index is 0.337. The van der Waals surface area contributed by atoms with Crippen LogP contribution in [0.2, 0.25) is 0 Å². The summed E-state index contributed by atoms with van der Waals surface area (Å²) in [5.41, 5.74) is -0.218. The van der Waals surface area contributed by atoms with E-state index < -0.39 is 11.2 Å². The third-order valence-corrected chi connectivity index (χ3v) is 4.91. The highest BCUT2D eigenvalue weighted by molar-refractivity contribution is 7.20. The van der Waals surface area contributed by atoms with Gasteiger partial charge in [-0.25, -0.2) is 4.79 Å². The van der Waals surface area contributed by atoms with Crippen molar-refractivity contribution in [2.45, 2.75) is 0 Å². The van der Waals surface area contributed by atoms with Gasteiger partial charge in [0.1, 0.15) is 10.6 Å². The van der Waals surface area contributed by atoms with E-state index in [2.05, 4.69) is 5.32 Å². The number of thiophene rings is 1. The number of nitrogens with zero attached hydrogens (tertiary/aromatic N) is 2. The molecule has 0 fully saturated rings. The van der Waals surface area contributed by atoms with Gasteiger partial charge in [-0.3, -0.25) is 18.7 Å². The van der Waals surface area contributed by atoms with Crippen molar-refractivity contribution >= 4 is 33.1 Å². The number of anilines is 1. The molecule has 0 spiro atoms. The molecule has 7 nitrogen and oxygen atoms in total. The Hall–Kier alpha value is -2.87. The largest absolute Gasteiger partial charge is 0.497 e. The minimum atomic E-state index is -0.420. The second kappa shape index (κ2) is 5.97. The Morgan fingerprint density at radius 2 is 1.79 bits per heavy atom. The van der Waals surface area contributed by atoms with E-state index in [9.17, 15) is 14.4 Å². The number of hydrogen-bond donors (Lipinski definition) is 1. The third-order valence-electron chi connectivity index (χ3n) is 3.70. The highest BCUT2D eigenvalue weighted by Gasteiger charge is 2.16. The Kier molecular flexibility index (Phi) is 3.98. The molecule has 0 saturated carbocycles. The Morgan fingerprint density at radius 1 is 1.12 bits per heavy atom. The number of aromatic nitrogens is 2. The van der Waals surface area contributed by atoms with Crippen LogP contribution in [0.4, 0.5) is 5.69 Å². The lowest BCUT2D eigenvalue weighted by Gasteiger charge is -2.04. The van der Waals surface area contributed by atoms with Crippen LogP contribution in [0.1, 0.15) is 9.67 Å². The van der Waals surface area contributed by atoms with Crippen LogP contribution >= 0.6 is 11.3 Å². The van der Waals surface area contributed by atoms with E-state index in [-0.39, 0.29) is 5.91 Å². The molecule has 0 unspecified atom stereocenters. The van der Waals surface area contributed by atoms with Gasteiger partial charge in [0.2, 0.25) is 0 Å². The van der Waals surface area contributed by atoms with E-state index in [0.29, 0.717) is 26.5 Å². The van der Waals surface area contributed by atoms with E-state index in [1.807, 2.05) is 0 Å². The average molecular weight is 345 g/mol. The fraction of sp³-hybridized carbons (Fsp3) is 0.188. The standard InChI is InChI=1S/C16H15N3O4S/c1-18-14(21)11-8-12(24-15(11)19(2)16(18)22)13(20)17-9-4-6-10(23-3)7-5-9/h4-8H,1-3H3,(H,17,20). The number of benzene rings is 1. The van der Waals surface area contributed by atoms with Gasteiger partial charge in [0, 0.05) is 19.8 Å². The van der Waals surface area contributed by atoms with E-state index in [0.717, 1.165) is 15.9 Å². The van der Waals surface area contributed by atoms with Gasteiger partial charge in [-0.1, -0.05) is 0 Å². The highest BCUT2D eigenvalue weighted by Crippen LogP contribution is 2.23. The molecule has 0 aliphatic heterocycles. The molecule has 0 aliphatic carbocycles. The number of ether oxygens (including phenoxy) is 1. The lowest BCUT2D eigenvalue weighted by Crippen LogP contribution is -2.36. The van der Waals surface area contributed by atoms with Crippen molar-refractivity contribution in [1.29, 1.82) is 0 Å². The Labute approximate surface area is 140 Å². The quantitative estimate of drug-likeness (QED) is 0.781. The molecule has 124 valence electrons. The summed E-state index contributed by atoms with van der Waals surface area (Å²) in [5.74, 6) is 0.351. The Morgan fingerprint density at radius 3 is 2.42 bits per heavy atom. The van der Waals surface area contributed by atoms with Crippen molar-refractivity contribution < 1.29 is 9.53 Å². The molecular formula is C16H15N3O4S. The van der Waals surface area contributed by atoms with Crippen LogP contribution < -0.4 is 21.3 Å². The van der Waals surface area contributed by atoms with E-state index in [4.69, 9.17) is 4.74 Å². The zero-order chi connectivity index (χ0) is 17.4. The molecule has 0 saturated heterocycles. The normalized spacial score (nSPS) is 10.8. The maximum atomic E-state index is 12.4. The van der Waals surface area contributed by atoms with Crippen LogP contribution in [-0.4, -0.2) is 22.2 Å². The number of fused-ring (bicyclic) bond motifs is 1. The van der Waals surface area contributed by atoms with Gasteiger partial charge in [0.25, 0.3) is 11.5 Å². The molecule has 8 heteroatoms. The number of hydrogen-bond acceptors (Lipinski definition) is 5. The highest BCUT2D eigenvalue weighted by atomic mass is 32.1. The smallest absolute Gasteiger partial charge is 0.331 e. The van der Waals surface area contributed by atoms with Crippen LogP contribution in [-0.2, 0) is 14.1 Å². The first kappa shape index (κ1) is 16.0. The Balaban J connectivity index is 1.98. The van der Waals surface area contributed by atoms with Gasteiger partial charge < -0.3 is 10.1 Å². The molecule has 2 heterocycles. The first-order valence-corrected chi connectivity index (χ1v) is 7.89.